The van der Waals surface area contributed by atoms with Crippen molar-refractivity contribution in [2.75, 3.05) is 11.9 Å². The molecule has 0 aliphatic heterocycles. The molecule has 3 nitrogen and oxygen atoms in total. The minimum atomic E-state index is -0.359. The van der Waals surface area contributed by atoms with Crippen LogP contribution in [0.25, 0.3) is 11.0 Å². The van der Waals surface area contributed by atoms with Gasteiger partial charge in [-0.3, -0.25) is 0 Å². The first-order chi connectivity index (χ1) is 10.2. The van der Waals surface area contributed by atoms with Gasteiger partial charge in [0.25, 0.3) is 0 Å². The molecule has 1 aromatic heterocycles. The monoisotopic (exact) mass is 304 g/mol. The number of fused-ring (bicyclic) bond motifs is 1. The Morgan fingerprint density at radius 3 is 2.76 bits per heavy atom. The molecule has 0 spiro atoms. The lowest BCUT2D eigenvalue weighted by molar-refractivity contribution is 0.514. The predicted octanol–water partition coefficient (Wildman–Crippen LogP) is 4.34. The van der Waals surface area contributed by atoms with Crippen LogP contribution in [0.1, 0.15) is 11.8 Å². The number of nitrogens with one attached hydrogen (secondary N) is 1. The topological polar surface area (TPSA) is 51.2 Å². The van der Waals surface area contributed by atoms with Crippen LogP contribution in [-0.2, 0) is 0 Å². The van der Waals surface area contributed by atoms with Gasteiger partial charge in [0.15, 0.2) is 0 Å². The van der Waals surface area contributed by atoms with Crippen LogP contribution < -0.4 is 11.1 Å². The Labute approximate surface area is 126 Å². The van der Waals surface area contributed by atoms with Crippen LogP contribution in [0.5, 0.6) is 0 Å². The van der Waals surface area contributed by atoms with Gasteiger partial charge in [-0.1, -0.05) is 29.8 Å². The van der Waals surface area contributed by atoms with Crippen molar-refractivity contribution < 1.29 is 8.81 Å². The van der Waals surface area contributed by atoms with E-state index in [9.17, 15) is 4.39 Å². The van der Waals surface area contributed by atoms with Crippen LogP contribution in [0.3, 0.4) is 0 Å². The smallest absolute Gasteiger partial charge is 0.134 e. The van der Waals surface area contributed by atoms with E-state index in [1.54, 1.807) is 0 Å². The molecule has 108 valence electrons. The first-order valence-corrected chi connectivity index (χ1v) is 6.95. The van der Waals surface area contributed by atoms with Crippen molar-refractivity contribution in [3.8, 4) is 0 Å². The number of nitrogens with two attached hydrogens (primary N) is 1. The van der Waals surface area contributed by atoms with Crippen molar-refractivity contribution in [3.63, 3.8) is 0 Å². The third-order valence-electron chi connectivity index (χ3n) is 3.28. The zero-order valence-electron chi connectivity index (χ0n) is 11.1. The van der Waals surface area contributed by atoms with Crippen LogP contribution in [0.2, 0.25) is 5.02 Å². The first kappa shape index (κ1) is 13.9. The van der Waals surface area contributed by atoms with E-state index in [1.165, 1.54) is 18.2 Å². The second-order valence-corrected chi connectivity index (χ2v) is 5.15. The lowest BCUT2D eigenvalue weighted by atomic mass is 10.2. The number of benzene rings is 2. The van der Waals surface area contributed by atoms with Gasteiger partial charge in [-0.15, -0.1) is 0 Å². The second-order valence-electron chi connectivity index (χ2n) is 4.74. The number of hydrogen-bond acceptors (Lipinski definition) is 3. The van der Waals surface area contributed by atoms with E-state index in [-0.39, 0.29) is 11.9 Å². The first-order valence-electron chi connectivity index (χ1n) is 6.57. The standard InChI is InChI=1S/C16H14ClFN2O/c17-12-6-5-11(18)8-13(12)20-14(9-19)16-7-10-3-1-2-4-15(10)21-16/h1-8,14,20H,9,19H2. The molecule has 0 saturated heterocycles. The molecule has 0 saturated carbocycles. The molecule has 1 heterocycles. The largest absolute Gasteiger partial charge is 0.459 e. The van der Waals surface area contributed by atoms with Crippen LogP contribution in [0.4, 0.5) is 10.1 Å². The number of anilines is 1. The minimum Gasteiger partial charge on any atom is -0.459 e. The van der Waals surface area contributed by atoms with Gasteiger partial charge >= 0.3 is 0 Å². The molecule has 2 aromatic carbocycles. The summed E-state index contributed by atoms with van der Waals surface area (Å²) in [5, 5.41) is 4.56. The highest BCUT2D eigenvalue weighted by molar-refractivity contribution is 6.33. The molecular weight excluding hydrogens is 291 g/mol. The van der Waals surface area contributed by atoms with Gasteiger partial charge in [0.05, 0.1) is 16.8 Å². The lowest BCUT2D eigenvalue weighted by Crippen LogP contribution is -2.20. The zero-order valence-corrected chi connectivity index (χ0v) is 11.9. The summed E-state index contributed by atoms with van der Waals surface area (Å²) in [6, 6.07) is 13.5. The average molecular weight is 305 g/mol. The lowest BCUT2D eigenvalue weighted by Gasteiger charge is -2.16. The quantitative estimate of drug-likeness (QED) is 0.754. The molecule has 0 fully saturated rings. The molecule has 0 bridgehead atoms. The van der Waals surface area contributed by atoms with Crippen molar-refractivity contribution in [2.24, 2.45) is 5.73 Å². The number of rotatable bonds is 4. The van der Waals surface area contributed by atoms with Crippen molar-refractivity contribution in [1.82, 2.24) is 0 Å². The fourth-order valence-corrected chi connectivity index (χ4v) is 2.39. The minimum absolute atomic E-state index is 0.281. The molecule has 3 rings (SSSR count). The summed E-state index contributed by atoms with van der Waals surface area (Å²) in [4.78, 5) is 0. The molecule has 5 heteroatoms. The molecule has 3 aromatic rings. The number of para-hydroxylation sites is 1. The Bertz CT molecular complexity index is 739. The van der Waals surface area contributed by atoms with Crippen LogP contribution in [-0.4, -0.2) is 6.54 Å². The van der Waals surface area contributed by atoms with Crippen molar-refractivity contribution >= 4 is 28.3 Å². The van der Waals surface area contributed by atoms with Gasteiger partial charge in [0.2, 0.25) is 0 Å². The molecule has 0 aliphatic carbocycles. The Hall–Kier alpha value is -2.04. The summed E-state index contributed by atoms with van der Waals surface area (Å²) >= 11 is 6.06. The highest BCUT2D eigenvalue weighted by atomic mass is 35.5. The molecule has 0 aliphatic rings. The van der Waals surface area contributed by atoms with E-state index in [2.05, 4.69) is 5.32 Å². The van der Waals surface area contributed by atoms with Gasteiger partial charge in [0, 0.05) is 11.9 Å². The van der Waals surface area contributed by atoms with Gasteiger partial charge in [0.1, 0.15) is 17.2 Å². The fraction of sp³-hybridized carbons (Fsp3) is 0.125. The molecule has 0 amide bonds. The Kier molecular flexibility index (Phi) is 3.82. The Morgan fingerprint density at radius 1 is 1.19 bits per heavy atom. The maximum absolute atomic E-state index is 13.3. The number of hydrogen-bond donors (Lipinski definition) is 2. The van der Waals surface area contributed by atoms with E-state index in [1.807, 2.05) is 30.3 Å². The second kappa shape index (κ2) is 5.76. The Morgan fingerprint density at radius 2 is 2.00 bits per heavy atom. The molecule has 1 atom stereocenters. The number of halogens is 2. The van der Waals surface area contributed by atoms with Gasteiger partial charge in [-0.05, 0) is 30.3 Å². The highest BCUT2D eigenvalue weighted by Crippen LogP contribution is 2.29. The van der Waals surface area contributed by atoms with Crippen LogP contribution >= 0.6 is 11.6 Å². The third-order valence-corrected chi connectivity index (χ3v) is 3.61. The molecule has 21 heavy (non-hydrogen) atoms. The molecule has 0 radical (unpaired) electrons. The van der Waals surface area contributed by atoms with Gasteiger partial charge in [-0.25, -0.2) is 4.39 Å². The van der Waals surface area contributed by atoms with Crippen molar-refractivity contribution in [2.45, 2.75) is 6.04 Å². The van der Waals surface area contributed by atoms with Gasteiger partial charge in [-0.2, -0.15) is 0 Å². The summed E-state index contributed by atoms with van der Waals surface area (Å²) in [5.41, 5.74) is 7.09. The molecule has 3 N–H and O–H groups in total. The van der Waals surface area contributed by atoms with E-state index < -0.39 is 0 Å². The van der Waals surface area contributed by atoms with E-state index in [0.29, 0.717) is 23.0 Å². The number of furan rings is 1. The van der Waals surface area contributed by atoms with E-state index in [4.69, 9.17) is 21.8 Å². The maximum atomic E-state index is 13.3. The molecule has 1 unspecified atom stereocenters. The summed E-state index contributed by atoms with van der Waals surface area (Å²) in [6.45, 7) is 0.298. The summed E-state index contributed by atoms with van der Waals surface area (Å²) in [7, 11) is 0. The zero-order chi connectivity index (χ0) is 14.8. The fourth-order valence-electron chi connectivity index (χ4n) is 2.22. The molecular formula is C16H14ClFN2O. The summed E-state index contributed by atoms with van der Waals surface area (Å²) in [6.07, 6.45) is 0. The maximum Gasteiger partial charge on any atom is 0.134 e. The van der Waals surface area contributed by atoms with Crippen molar-refractivity contribution in [1.29, 1.82) is 0 Å². The SMILES string of the molecule is NCC(Nc1cc(F)ccc1Cl)c1cc2ccccc2o1. The van der Waals surface area contributed by atoms with E-state index >= 15 is 0 Å². The summed E-state index contributed by atoms with van der Waals surface area (Å²) in [5.74, 6) is 0.335. The van der Waals surface area contributed by atoms with Crippen LogP contribution in [0.15, 0.2) is 52.9 Å². The normalized spacial score (nSPS) is 12.5. The highest BCUT2D eigenvalue weighted by Gasteiger charge is 2.16. The van der Waals surface area contributed by atoms with Crippen molar-refractivity contribution in [3.05, 3.63) is 65.1 Å². The third kappa shape index (κ3) is 2.86. The van der Waals surface area contributed by atoms with Gasteiger partial charge < -0.3 is 15.5 Å². The predicted molar refractivity (Wildman–Crippen MR) is 83.0 cm³/mol. The Balaban J connectivity index is 1.92. The summed E-state index contributed by atoms with van der Waals surface area (Å²) < 4.78 is 19.1. The van der Waals surface area contributed by atoms with E-state index in [0.717, 1.165) is 11.0 Å². The van der Waals surface area contributed by atoms with Crippen LogP contribution in [0, 0.1) is 5.82 Å². The average Bonchev–Trinajstić information content (AvgIpc) is 2.91.